The van der Waals surface area contributed by atoms with E-state index in [2.05, 4.69) is 5.32 Å². The van der Waals surface area contributed by atoms with Crippen molar-refractivity contribution in [1.82, 2.24) is 10.2 Å². The monoisotopic (exact) mass is 545 g/mol. The van der Waals surface area contributed by atoms with Gasteiger partial charge < -0.3 is 10.2 Å². The predicted molar refractivity (Wildman–Crippen MR) is 155 cm³/mol. The molecule has 3 aromatic carbocycles. The number of nitrogens with one attached hydrogen (secondary N) is 1. The number of amides is 2. The average molecular weight is 546 g/mol. The van der Waals surface area contributed by atoms with Crippen molar-refractivity contribution in [2.24, 2.45) is 0 Å². The number of thioether (sulfide) groups is 1. The molecule has 1 fully saturated rings. The summed E-state index contributed by atoms with van der Waals surface area (Å²) in [4.78, 5) is 39.7. The molecule has 7 nitrogen and oxygen atoms in total. The van der Waals surface area contributed by atoms with Gasteiger partial charge in [0, 0.05) is 36.9 Å². The summed E-state index contributed by atoms with van der Waals surface area (Å²) in [6.07, 6.45) is 5.80. The Bertz CT molecular complexity index is 1220. The van der Waals surface area contributed by atoms with Gasteiger partial charge in [-0.3, -0.25) is 19.7 Å². The first kappa shape index (κ1) is 28.4. The summed E-state index contributed by atoms with van der Waals surface area (Å²) in [7, 11) is 0. The summed E-state index contributed by atoms with van der Waals surface area (Å²) in [5.41, 5.74) is 2.92. The molecule has 0 spiro atoms. The zero-order chi connectivity index (χ0) is 27.5. The number of hydrogen-bond donors (Lipinski definition) is 1. The first-order chi connectivity index (χ1) is 19.0. The van der Waals surface area contributed by atoms with E-state index >= 15 is 0 Å². The van der Waals surface area contributed by atoms with E-state index < -0.39 is 11.0 Å². The minimum Gasteiger partial charge on any atom is -0.352 e. The molecule has 2 amide bonds. The molecule has 1 unspecified atom stereocenters. The normalized spacial score (nSPS) is 14.4. The maximum absolute atomic E-state index is 13.8. The van der Waals surface area contributed by atoms with Gasteiger partial charge in [-0.2, -0.15) is 0 Å². The van der Waals surface area contributed by atoms with Crippen LogP contribution in [-0.4, -0.2) is 39.5 Å². The number of nitrogens with zero attached hydrogens (tertiary/aromatic N) is 2. The van der Waals surface area contributed by atoms with Crippen molar-refractivity contribution in [2.75, 3.05) is 5.75 Å². The number of benzene rings is 3. The minimum atomic E-state index is -0.637. The molecule has 1 aliphatic carbocycles. The lowest BCUT2D eigenvalue weighted by atomic mass is 9.94. The SMILES string of the molecule is O=C(NC1CCCCC1)C(Cc1ccccc1)N(Cc1ccccc1)C(=O)CSCc1ccc([N+](=O)[O-])cc1. The predicted octanol–water partition coefficient (Wildman–Crippen LogP) is 5.92. The molecule has 0 radical (unpaired) electrons. The fourth-order valence-corrected chi connectivity index (χ4v) is 5.80. The van der Waals surface area contributed by atoms with Crippen molar-refractivity contribution < 1.29 is 14.5 Å². The lowest BCUT2D eigenvalue weighted by molar-refractivity contribution is -0.384. The molecule has 0 heterocycles. The fourth-order valence-electron chi connectivity index (χ4n) is 4.93. The molecule has 0 aliphatic heterocycles. The third-order valence-corrected chi connectivity index (χ3v) is 8.05. The number of nitro groups is 1. The lowest BCUT2D eigenvalue weighted by Crippen LogP contribution is -2.53. The van der Waals surface area contributed by atoms with E-state index in [0.29, 0.717) is 18.7 Å². The molecule has 39 heavy (non-hydrogen) atoms. The second-order valence-electron chi connectivity index (χ2n) is 9.97. The van der Waals surface area contributed by atoms with E-state index in [1.165, 1.54) is 30.3 Å². The van der Waals surface area contributed by atoms with Crippen molar-refractivity contribution >= 4 is 29.3 Å². The standard InChI is InChI=1S/C31H35N3O4S/c35-30(23-39-22-26-16-18-28(19-17-26)34(37)38)33(21-25-12-6-2-7-13-25)29(20-24-10-4-1-5-11-24)31(36)32-27-14-8-3-9-15-27/h1-2,4-7,10-13,16-19,27,29H,3,8-9,14-15,20-23H2,(H,32,36). The quantitative estimate of drug-likeness (QED) is 0.225. The van der Waals surface area contributed by atoms with Gasteiger partial charge in [-0.15, -0.1) is 11.8 Å². The molecule has 4 rings (SSSR count). The van der Waals surface area contributed by atoms with Gasteiger partial charge in [0.05, 0.1) is 10.7 Å². The van der Waals surface area contributed by atoms with E-state index in [4.69, 9.17) is 0 Å². The molecule has 3 aromatic rings. The molecule has 1 saturated carbocycles. The number of hydrogen-bond acceptors (Lipinski definition) is 5. The van der Waals surface area contributed by atoms with Crippen LogP contribution in [0.3, 0.4) is 0 Å². The maximum atomic E-state index is 13.8. The van der Waals surface area contributed by atoms with E-state index in [0.717, 1.165) is 42.4 Å². The van der Waals surface area contributed by atoms with Gasteiger partial charge in [0.1, 0.15) is 6.04 Å². The van der Waals surface area contributed by atoms with Crippen molar-refractivity contribution in [2.45, 2.75) is 62.9 Å². The summed E-state index contributed by atoms with van der Waals surface area (Å²) >= 11 is 1.45. The minimum absolute atomic E-state index is 0.0431. The van der Waals surface area contributed by atoms with Crippen molar-refractivity contribution in [3.63, 3.8) is 0 Å². The van der Waals surface area contributed by atoms with E-state index in [-0.39, 0.29) is 29.3 Å². The smallest absolute Gasteiger partial charge is 0.269 e. The number of non-ortho nitro benzene ring substituents is 1. The van der Waals surface area contributed by atoms with Gasteiger partial charge in [-0.05, 0) is 29.5 Å². The van der Waals surface area contributed by atoms with Gasteiger partial charge in [0.15, 0.2) is 0 Å². The molecule has 1 aliphatic rings. The highest BCUT2D eigenvalue weighted by molar-refractivity contribution is 7.99. The summed E-state index contributed by atoms with van der Waals surface area (Å²) in [5, 5.41) is 14.2. The Kier molecular flexibility index (Phi) is 10.5. The van der Waals surface area contributed by atoms with Crippen LogP contribution in [0.5, 0.6) is 0 Å². The van der Waals surface area contributed by atoms with Crippen molar-refractivity contribution in [3.05, 3.63) is 112 Å². The maximum Gasteiger partial charge on any atom is 0.269 e. The number of rotatable bonds is 12. The third-order valence-electron chi connectivity index (χ3n) is 7.06. The Morgan fingerprint density at radius 2 is 1.49 bits per heavy atom. The Morgan fingerprint density at radius 1 is 0.872 bits per heavy atom. The first-order valence-electron chi connectivity index (χ1n) is 13.5. The molecule has 204 valence electrons. The van der Waals surface area contributed by atoms with Crippen LogP contribution in [-0.2, 0) is 28.3 Å². The average Bonchev–Trinajstić information content (AvgIpc) is 2.96. The van der Waals surface area contributed by atoms with Crippen LogP contribution in [0.2, 0.25) is 0 Å². The fraction of sp³-hybridized carbons (Fsp3) is 0.355. The Morgan fingerprint density at radius 3 is 2.10 bits per heavy atom. The zero-order valence-corrected chi connectivity index (χ0v) is 22.9. The second kappa shape index (κ2) is 14.5. The third kappa shape index (κ3) is 8.68. The first-order valence-corrected chi connectivity index (χ1v) is 14.6. The summed E-state index contributed by atoms with van der Waals surface area (Å²) in [5.74, 6) is 0.535. The summed E-state index contributed by atoms with van der Waals surface area (Å²) in [6, 6.07) is 25.5. The molecule has 0 saturated heterocycles. The molecule has 8 heteroatoms. The number of carbonyl (C=O) groups is 2. The summed E-state index contributed by atoms with van der Waals surface area (Å²) < 4.78 is 0. The molecule has 0 aromatic heterocycles. The zero-order valence-electron chi connectivity index (χ0n) is 22.0. The van der Waals surface area contributed by atoms with Crippen LogP contribution in [0.15, 0.2) is 84.9 Å². The van der Waals surface area contributed by atoms with E-state index in [1.807, 2.05) is 60.7 Å². The van der Waals surface area contributed by atoms with Gasteiger partial charge in [-0.1, -0.05) is 92.1 Å². The van der Waals surface area contributed by atoms with Crippen LogP contribution in [0.1, 0.15) is 48.8 Å². The molecular weight excluding hydrogens is 510 g/mol. The Hall–Kier alpha value is -3.65. The topological polar surface area (TPSA) is 92.6 Å². The lowest BCUT2D eigenvalue weighted by Gasteiger charge is -2.33. The number of carbonyl (C=O) groups excluding carboxylic acids is 2. The second-order valence-corrected chi connectivity index (χ2v) is 11.0. The highest BCUT2D eigenvalue weighted by atomic mass is 32.2. The van der Waals surface area contributed by atoms with Crippen molar-refractivity contribution in [3.8, 4) is 0 Å². The van der Waals surface area contributed by atoms with E-state index in [1.54, 1.807) is 17.0 Å². The number of nitro benzene ring substituents is 1. The van der Waals surface area contributed by atoms with Crippen molar-refractivity contribution in [1.29, 1.82) is 0 Å². The molecular formula is C31H35N3O4S. The van der Waals surface area contributed by atoms with Crippen LogP contribution < -0.4 is 5.32 Å². The van der Waals surface area contributed by atoms with Crippen LogP contribution >= 0.6 is 11.8 Å². The van der Waals surface area contributed by atoms with Gasteiger partial charge in [-0.25, -0.2) is 0 Å². The molecule has 1 atom stereocenters. The van der Waals surface area contributed by atoms with Crippen LogP contribution in [0.4, 0.5) is 5.69 Å². The van der Waals surface area contributed by atoms with Gasteiger partial charge in [0.25, 0.3) is 5.69 Å². The highest BCUT2D eigenvalue weighted by Crippen LogP contribution is 2.22. The van der Waals surface area contributed by atoms with Gasteiger partial charge >= 0.3 is 0 Å². The Labute approximate surface area is 234 Å². The van der Waals surface area contributed by atoms with Gasteiger partial charge in [0.2, 0.25) is 11.8 Å². The summed E-state index contributed by atoms with van der Waals surface area (Å²) in [6.45, 7) is 0.341. The largest absolute Gasteiger partial charge is 0.352 e. The van der Waals surface area contributed by atoms with Crippen LogP contribution in [0.25, 0.3) is 0 Å². The van der Waals surface area contributed by atoms with E-state index in [9.17, 15) is 19.7 Å². The molecule has 0 bridgehead atoms. The molecule has 1 N–H and O–H groups in total. The highest BCUT2D eigenvalue weighted by Gasteiger charge is 2.31. The van der Waals surface area contributed by atoms with Crippen LogP contribution in [0, 0.1) is 10.1 Å². The Balaban J connectivity index is 1.52.